The highest BCUT2D eigenvalue weighted by molar-refractivity contribution is 6.03. The van der Waals surface area contributed by atoms with Gasteiger partial charge in [-0.1, -0.05) is 6.07 Å². The number of carboxylic acids is 1. The van der Waals surface area contributed by atoms with Crippen LogP contribution in [0.5, 0.6) is 0 Å². The average molecular weight is 274 g/mol. The van der Waals surface area contributed by atoms with Crippen molar-refractivity contribution in [3.63, 3.8) is 0 Å². The van der Waals surface area contributed by atoms with E-state index in [-0.39, 0.29) is 17.0 Å². The Balaban J connectivity index is 2.22. The number of nitrogens with zero attached hydrogens (tertiary/aromatic N) is 1. The number of benzene rings is 1. The summed E-state index contributed by atoms with van der Waals surface area (Å²) in [5.41, 5.74) is 0.644. The van der Waals surface area contributed by atoms with E-state index in [1.54, 1.807) is 6.07 Å². The van der Waals surface area contributed by atoms with Gasteiger partial charge in [-0.05, 0) is 37.3 Å². The molecule has 0 radical (unpaired) electrons. The zero-order chi connectivity index (χ0) is 14.7. The molecule has 1 amide bonds. The first-order chi connectivity index (χ1) is 9.47. The van der Waals surface area contributed by atoms with Gasteiger partial charge >= 0.3 is 5.97 Å². The summed E-state index contributed by atoms with van der Waals surface area (Å²) in [6.45, 7) is 1.50. The second-order valence-corrected chi connectivity index (χ2v) is 4.10. The number of aryl methyl sites for hydroxylation is 1. The van der Waals surface area contributed by atoms with E-state index in [2.05, 4.69) is 10.3 Å². The van der Waals surface area contributed by atoms with E-state index in [9.17, 15) is 14.0 Å². The molecular formula is C14H11FN2O3. The van der Waals surface area contributed by atoms with Crippen LogP contribution in [0.1, 0.15) is 26.5 Å². The molecule has 0 atom stereocenters. The van der Waals surface area contributed by atoms with Crippen molar-refractivity contribution in [2.75, 3.05) is 5.32 Å². The number of hydrogen-bond donors (Lipinski definition) is 2. The zero-order valence-electron chi connectivity index (χ0n) is 10.6. The molecule has 1 heterocycles. The Morgan fingerprint density at radius 3 is 2.60 bits per heavy atom. The molecule has 0 aliphatic carbocycles. The molecule has 2 rings (SSSR count). The molecular weight excluding hydrogens is 263 g/mol. The molecule has 5 nitrogen and oxygen atoms in total. The van der Waals surface area contributed by atoms with E-state index >= 15 is 0 Å². The Bertz CT molecular complexity index is 686. The topological polar surface area (TPSA) is 79.3 Å². The molecule has 6 heteroatoms. The highest BCUT2D eigenvalue weighted by atomic mass is 19.1. The number of hydrogen-bond acceptors (Lipinski definition) is 3. The predicted molar refractivity (Wildman–Crippen MR) is 70.3 cm³/mol. The lowest BCUT2D eigenvalue weighted by Gasteiger charge is -2.06. The van der Waals surface area contributed by atoms with Crippen molar-refractivity contribution in [2.24, 2.45) is 0 Å². The maximum absolute atomic E-state index is 13.0. The fraction of sp³-hybridized carbons (Fsp3) is 0.0714. The predicted octanol–water partition coefficient (Wildman–Crippen LogP) is 2.48. The van der Waals surface area contributed by atoms with Gasteiger partial charge in [0.25, 0.3) is 5.91 Å². The van der Waals surface area contributed by atoms with Crippen molar-refractivity contribution in [3.05, 3.63) is 59.2 Å². The number of carbonyl (C=O) groups excluding carboxylic acids is 1. The number of amides is 1. The van der Waals surface area contributed by atoms with Gasteiger partial charge in [0.2, 0.25) is 0 Å². The van der Waals surface area contributed by atoms with Crippen molar-refractivity contribution < 1.29 is 19.1 Å². The lowest BCUT2D eigenvalue weighted by Crippen LogP contribution is -2.15. The number of nitrogens with one attached hydrogen (secondary N) is 1. The van der Waals surface area contributed by atoms with Crippen LogP contribution < -0.4 is 5.32 Å². The highest BCUT2D eigenvalue weighted by Crippen LogP contribution is 2.12. The highest BCUT2D eigenvalue weighted by Gasteiger charge is 2.13. The van der Waals surface area contributed by atoms with Gasteiger partial charge in [0, 0.05) is 5.69 Å². The number of rotatable bonds is 3. The minimum absolute atomic E-state index is 0.0345. The Labute approximate surface area is 114 Å². The number of aromatic nitrogens is 1. The van der Waals surface area contributed by atoms with Crippen LogP contribution in [0.3, 0.4) is 0 Å². The lowest BCUT2D eigenvalue weighted by molar-refractivity contribution is 0.0695. The summed E-state index contributed by atoms with van der Waals surface area (Å²) in [5, 5.41) is 11.4. The molecule has 0 aliphatic rings. The quantitative estimate of drug-likeness (QED) is 0.901. The van der Waals surface area contributed by atoms with Crippen molar-refractivity contribution in [3.8, 4) is 0 Å². The van der Waals surface area contributed by atoms with Gasteiger partial charge in [-0.25, -0.2) is 14.2 Å². The Kier molecular flexibility index (Phi) is 3.74. The molecule has 0 aliphatic heterocycles. The monoisotopic (exact) mass is 274 g/mol. The molecule has 0 fully saturated rings. The van der Waals surface area contributed by atoms with Crippen LogP contribution >= 0.6 is 0 Å². The number of carbonyl (C=O) groups is 2. The summed E-state index contributed by atoms with van der Waals surface area (Å²) in [5.74, 6) is -2.10. The third-order valence-corrected chi connectivity index (χ3v) is 2.63. The van der Waals surface area contributed by atoms with Gasteiger partial charge in [-0.3, -0.25) is 4.79 Å². The molecule has 0 unspecified atom stereocenters. The first-order valence-electron chi connectivity index (χ1n) is 5.75. The standard InChI is InChI=1S/C14H11FN2O3/c1-8-11(14(19)20)5-6-12(16-8)13(18)17-10-4-2-3-9(15)7-10/h2-7H,1H3,(H,17,18)(H,19,20). The van der Waals surface area contributed by atoms with E-state index in [0.717, 1.165) is 0 Å². The summed E-state index contributed by atoms with van der Waals surface area (Å²) in [7, 11) is 0. The normalized spacial score (nSPS) is 10.1. The van der Waals surface area contributed by atoms with Crippen LogP contribution in [0.25, 0.3) is 0 Å². The fourth-order valence-electron chi connectivity index (χ4n) is 1.67. The molecule has 0 saturated heterocycles. The fourth-order valence-corrected chi connectivity index (χ4v) is 1.67. The molecule has 0 bridgehead atoms. The number of pyridine rings is 1. The van der Waals surface area contributed by atoms with E-state index in [1.807, 2.05) is 0 Å². The Morgan fingerprint density at radius 1 is 1.25 bits per heavy atom. The first kappa shape index (κ1) is 13.7. The molecule has 1 aromatic heterocycles. The average Bonchev–Trinajstić information content (AvgIpc) is 2.38. The largest absolute Gasteiger partial charge is 0.478 e. The Hall–Kier alpha value is -2.76. The third kappa shape index (κ3) is 2.97. The molecule has 1 aromatic carbocycles. The second-order valence-electron chi connectivity index (χ2n) is 4.10. The SMILES string of the molecule is Cc1nc(C(=O)Nc2cccc(F)c2)ccc1C(=O)O. The number of anilines is 1. The summed E-state index contributed by atoms with van der Waals surface area (Å²) >= 11 is 0. The summed E-state index contributed by atoms with van der Waals surface area (Å²) in [6, 6.07) is 8.07. The maximum Gasteiger partial charge on any atom is 0.337 e. The van der Waals surface area contributed by atoms with Crippen LogP contribution in [0, 0.1) is 12.7 Å². The second kappa shape index (κ2) is 5.48. The van der Waals surface area contributed by atoms with Gasteiger partial charge in [-0.15, -0.1) is 0 Å². The van der Waals surface area contributed by atoms with Crippen LogP contribution in [0.2, 0.25) is 0 Å². The summed E-state index contributed by atoms with van der Waals surface area (Å²) < 4.78 is 13.0. The molecule has 102 valence electrons. The lowest BCUT2D eigenvalue weighted by atomic mass is 10.2. The van der Waals surface area contributed by atoms with Gasteiger partial charge in [0.05, 0.1) is 11.3 Å². The van der Waals surface area contributed by atoms with Gasteiger partial charge in [0.1, 0.15) is 11.5 Å². The van der Waals surface area contributed by atoms with Crippen LogP contribution in [0.15, 0.2) is 36.4 Å². The maximum atomic E-state index is 13.0. The molecule has 2 N–H and O–H groups in total. The number of aromatic carboxylic acids is 1. The molecule has 2 aromatic rings. The van der Waals surface area contributed by atoms with Gasteiger partial charge in [-0.2, -0.15) is 0 Å². The van der Waals surface area contributed by atoms with Gasteiger partial charge in [0.15, 0.2) is 0 Å². The summed E-state index contributed by atoms with van der Waals surface area (Å²) in [4.78, 5) is 26.7. The number of carboxylic acid groups (broad SMARTS) is 1. The van der Waals surface area contributed by atoms with Crippen molar-refractivity contribution >= 4 is 17.6 Å². The van der Waals surface area contributed by atoms with Crippen molar-refractivity contribution in [1.29, 1.82) is 0 Å². The van der Waals surface area contributed by atoms with E-state index < -0.39 is 17.7 Å². The van der Waals surface area contributed by atoms with E-state index in [4.69, 9.17) is 5.11 Å². The van der Waals surface area contributed by atoms with Crippen molar-refractivity contribution in [1.82, 2.24) is 4.98 Å². The number of halogens is 1. The van der Waals surface area contributed by atoms with E-state index in [1.165, 1.54) is 37.3 Å². The zero-order valence-corrected chi connectivity index (χ0v) is 10.6. The Morgan fingerprint density at radius 2 is 2.00 bits per heavy atom. The summed E-state index contributed by atoms with van der Waals surface area (Å²) in [6.07, 6.45) is 0. The smallest absolute Gasteiger partial charge is 0.337 e. The first-order valence-corrected chi connectivity index (χ1v) is 5.75. The van der Waals surface area contributed by atoms with Crippen molar-refractivity contribution in [2.45, 2.75) is 6.92 Å². The molecule has 0 saturated carbocycles. The van der Waals surface area contributed by atoms with Crippen LogP contribution in [-0.4, -0.2) is 22.0 Å². The molecule has 20 heavy (non-hydrogen) atoms. The molecule has 0 spiro atoms. The minimum atomic E-state index is -1.10. The minimum Gasteiger partial charge on any atom is -0.478 e. The van der Waals surface area contributed by atoms with Crippen LogP contribution in [-0.2, 0) is 0 Å². The van der Waals surface area contributed by atoms with Gasteiger partial charge < -0.3 is 10.4 Å². The third-order valence-electron chi connectivity index (χ3n) is 2.63. The van der Waals surface area contributed by atoms with Crippen LogP contribution in [0.4, 0.5) is 10.1 Å². The van der Waals surface area contributed by atoms with E-state index in [0.29, 0.717) is 5.69 Å².